The molecular weight excluding hydrogens is 172 g/mol. The molecule has 0 bridgehead atoms. The molecule has 1 heteroatoms. The maximum Gasteiger partial charge on any atom is 0.122 e. The molecule has 0 radical (unpaired) electrons. The van der Waals surface area contributed by atoms with Crippen LogP contribution in [-0.2, 0) is 0 Å². The lowest BCUT2D eigenvalue weighted by Crippen LogP contribution is -1.98. The summed E-state index contributed by atoms with van der Waals surface area (Å²) in [4.78, 5) is 0. The summed E-state index contributed by atoms with van der Waals surface area (Å²) in [5.41, 5.74) is 2.93. The van der Waals surface area contributed by atoms with Crippen LogP contribution in [0.15, 0.2) is 18.2 Å². The van der Waals surface area contributed by atoms with Gasteiger partial charge in [-0.1, -0.05) is 26.0 Å². The Balaban J connectivity index is 2.47. The Kier molecular flexibility index (Phi) is 2.49. The van der Waals surface area contributed by atoms with E-state index < -0.39 is 0 Å². The molecule has 14 heavy (non-hydrogen) atoms. The first-order chi connectivity index (χ1) is 6.74. The van der Waals surface area contributed by atoms with E-state index in [1.165, 1.54) is 24.0 Å². The molecule has 0 amide bonds. The van der Waals surface area contributed by atoms with E-state index in [0.29, 0.717) is 5.92 Å². The third-order valence-electron chi connectivity index (χ3n) is 2.93. The molecule has 1 aliphatic carbocycles. The molecule has 0 aliphatic heterocycles. The number of methoxy groups -OCH3 is 1. The second-order valence-electron chi connectivity index (χ2n) is 4.39. The normalized spacial score (nSPS) is 16.0. The van der Waals surface area contributed by atoms with Crippen LogP contribution >= 0.6 is 0 Å². The minimum absolute atomic E-state index is 0.598. The molecule has 2 rings (SSSR count). The summed E-state index contributed by atoms with van der Waals surface area (Å²) in [6.07, 6.45) is 2.67. The van der Waals surface area contributed by atoms with Gasteiger partial charge in [0.15, 0.2) is 0 Å². The quantitative estimate of drug-likeness (QED) is 0.706. The highest BCUT2D eigenvalue weighted by molar-refractivity contribution is 5.46. The minimum atomic E-state index is 0.598. The van der Waals surface area contributed by atoms with Crippen LogP contribution in [0.25, 0.3) is 0 Å². The zero-order valence-corrected chi connectivity index (χ0v) is 9.21. The van der Waals surface area contributed by atoms with Gasteiger partial charge in [-0.15, -0.1) is 0 Å². The van der Waals surface area contributed by atoms with Crippen molar-refractivity contribution in [2.75, 3.05) is 7.11 Å². The minimum Gasteiger partial charge on any atom is -0.496 e. The highest BCUT2D eigenvalue weighted by Gasteiger charge is 2.29. The first-order valence-corrected chi connectivity index (χ1v) is 5.40. The largest absolute Gasteiger partial charge is 0.496 e. The number of hydrogen-bond donors (Lipinski definition) is 0. The van der Waals surface area contributed by atoms with Crippen molar-refractivity contribution in [2.24, 2.45) is 0 Å². The van der Waals surface area contributed by atoms with E-state index >= 15 is 0 Å². The van der Waals surface area contributed by atoms with Crippen LogP contribution < -0.4 is 4.74 Å². The number of hydrogen-bond acceptors (Lipinski definition) is 1. The Morgan fingerprint density at radius 3 is 2.50 bits per heavy atom. The van der Waals surface area contributed by atoms with Gasteiger partial charge in [-0.3, -0.25) is 0 Å². The lowest BCUT2D eigenvalue weighted by molar-refractivity contribution is 0.408. The lowest BCUT2D eigenvalue weighted by atomic mass is 9.94. The SMILES string of the molecule is COc1cccc(C(C)C)c1C1CC1. The number of rotatable bonds is 3. The summed E-state index contributed by atoms with van der Waals surface area (Å²) in [7, 11) is 1.77. The van der Waals surface area contributed by atoms with Crippen molar-refractivity contribution in [1.29, 1.82) is 0 Å². The first-order valence-electron chi connectivity index (χ1n) is 5.40. The van der Waals surface area contributed by atoms with Crippen molar-refractivity contribution >= 4 is 0 Å². The Labute approximate surface area is 86.1 Å². The molecule has 0 atom stereocenters. The fraction of sp³-hybridized carbons (Fsp3) is 0.538. The Morgan fingerprint density at radius 2 is 2.00 bits per heavy atom. The molecule has 0 N–H and O–H groups in total. The van der Waals surface area contributed by atoms with Crippen molar-refractivity contribution in [2.45, 2.75) is 38.5 Å². The van der Waals surface area contributed by atoms with Crippen molar-refractivity contribution in [3.63, 3.8) is 0 Å². The molecule has 1 aliphatic rings. The maximum absolute atomic E-state index is 5.44. The van der Waals surface area contributed by atoms with Crippen LogP contribution in [0.3, 0.4) is 0 Å². The van der Waals surface area contributed by atoms with Crippen molar-refractivity contribution in [3.8, 4) is 5.75 Å². The zero-order chi connectivity index (χ0) is 10.1. The molecule has 76 valence electrons. The molecular formula is C13H18O. The Hall–Kier alpha value is -0.980. The van der Waals surface area contributed by atoms with E-state index in [1.54, 1.807) is 7.11 Å². The predicted octanol–water partition coefficient (Wildman–Crippen LogP) is 3.70. The van der Waals surface area contributed by atoms with Gasteiger partial charge in [0.2, 0.25) is 0 Å². The maximum atomic E-state index is 5.44. The van der Waals surface area contributed by atoms with E-state index in [-0.39, 0.29) is 0 Å². The Morgan fingerprint density at radius 1 is 1.29 bits per heavy atom. The molecule has 0 unspecified atom stereocenters. The second-order valence-corrected chi connectivity index (χ2v) is 4.39. The number of benzene rings is 1. The molecule has 1 aromatic carbocycles. The van der Waals surface area contributed by atoms with Gasteiger partial charge in [-0.25, -0.2) is 0 Å². The van der Waals surface area contributed by atoms with Crippen LogP contribution in [0, 0.1) is 0 Å². The highest BCUT2D eigenvalue weighted by Crippen LogP contribution is 2.47. The highest BCUT2D eigenvalue weighted by atomic mass is 16.5. The van der Waals surface area contributed by atoms with Crippen LogP contribution in [0.1, 0.15) is 49.7 Å². The van der Waals surface area contributed by atoms with Crippen LogP contribution in [0.2, 0.25) is 0 Å². The molecule has 1 saturated carbocycles. The summed E-state index contributed by atoms with van der Waals surface area (Å²) in [5, 5.41) is 0. The van der Waals surface area contributed by atoms with Gasteiger partial charge in [-0.2, -0.15) is 0 Å². The van der Waals surface area contributed by atoms with E-state index in [4.69, 9.17) is 4.74 Å². The second kappa shape index (κ2) is 3.64. The molecule has 1 aromatic rings. The number of ether oxygens (including phenoxy) is 1. The zero-order valence-electron chi connectivity index (χ0n) is 9.21. The van der Waals surface area contributed by atoms with E-state index in [2.05, 4.69) is 32.0 Å². The van der Waals surface area contributed by atoms with Crippen LogP contribution in [0.5, 0.6) is 5.75 Å². The molecule has 0 saturated heterocycles. The van der Waals surface area contributed by atoms with Crippen molar-refractivity contribution in [3.05, 3.63) is 29.3 Å². The van der Waals surface area contributed by atoms with Gasteiger partial charge in [0, 0.05) is 5.56 Å². The lowest BCUT2D eigenvalue weighted by Gasteiger charge is -2.15. The van der Waals surface area contributed by atoms with Gasteiger partial charge in [0.1, 0.15) is 5.75 Å². The summed E-state index contributed by atoms with van der Waals surface area (Å²) < 4.78 is 5.44. The first kappa shape index (κ1) is 9.57. The smallest absolute Gasteiger partial charge is 0.122 e. The molecule has 0 spiro atoms. The molecule has 0 aromatic heterocycles. The fourth-order valence-corrected chi connectivity index (χ4v) is 2.05. The third kappa shape index (κ3) is 1.63. The molecule has 0 heterocycles. The van der Waals surface area contributed by atoms with E-state index in [0.717, 1.165) is 11.7 Å². The average Bonchev–Trinajstić information content (AvgIpc) is 2.99. The summed E-state index contributed by atoms with van der Waals surface area (Å²) >= 11 is 0. The summed E-state index contributed by atoms with van der Waals surface area (Å²) in [6.45, 7) is 4.50. The standard InChI is InChI=1S/C13H18O/c1-9(2)11-5-4-6-12(14-3)13(11)10-7-8-10/h4-6,9-10H,7-8H2,1-3H3. The Bertz CT molecular complexity index is 324. The fourth-order valence-electron chi connectivity index (χ4n) is 2.05. The molecule has 1 nitrogen and oxygen atoms in total. The summed E-state index contributed by atoms with van der Waals surface area (Å²) in [5.74, 6) is 2.45. The van der Waals surface area contributed by atoms with Gasteiger partial charge in [0.05, 0.1) is 7.11 Å². The predicted molar refractivity (Wildman–Crippen MR) is 59.1 cm³/mol. The van der Waals surface area contributed by atoms with E-state index in [9.17, 15) is 0 Å². The van der Waals surface area contributed by atoms with Crippen LogP contribution in [0.4, 0.5) is 0 Å². The summed E-state index contributed by atoms with van der Waals surface area (Å²) in [6, 6.07) is 6.42. The third-order valence-corrected chi connectivity index (χ3v) is 2.93. The van der Waals surface area contributed by atoms with Crippen molar-refractivity contribution in [1.82, 2.24) is 0 Å². The van der Waals surface area contributed by atoms with Gasteiger partial charge < -0.3 is 4.74 Å². The molecule has 1 fully saturated rings. The van der Waals surface area contributed by atoms with Crippen LogP contribution in [-0.4, -0.2) is 7.11 Å². The van der Waals surface area contributed by atoms with Crippen molar-refractivity contribution < 1.29 is 4.74 Å². The van der Waals surface area contributed by atoms with E-state index in [1.807, 2.05) is 0 Å². The van der Waals surface area contributed by atoms with Gasteiger partial charge in [-0.05, 0) is 36.3 Å². The van der Waals surface area contributed by atoms with Gasteiger partial charge in [0.25, 0.3) is 0 Å². The topological polar surface area (TPSA) is 9.23 Å². The monoisotopic (exact) mass is 190 g/mol. The average molecular weight is 190 g/mol. The van der Waals surface area contributed by atoms with Gasteiger partial charge >= 0.3 is 0 Å².